The van der Waals surface area contributed by atoms with Crippen molar-refractivity contribution in [1.82, 2.24) is 4.98 Å². The summed E-state index contributed by atoms with van der Waals surface area (Å²) in [5.41, 5.74) is 2.61. The predicted octanol–water partition coefficient (Wildman–Crippen LogP) is 5.55. The zero-order valence-electron chi connectivity index (χ0n) is 17.0. The van der Waals surface area contributed by atoms with E-state index in [-0.39, 0.29) is 17.6 Å². The number of rotatable bonds is 4. The van der Waals surface area contributed by atoms with Crippen molar-refractivity contribution >= 4 is 34.1 Å². The fraction of sp³-hybridized carbons (Fsp3) is 0.360. The molecule has 2 aromatic carbocycles. The molecule has 5 rings (SSSR count). The zero-order chi connectivity index (χ0) is 21.5. The number of nitrogens with zero attached hydrogens (tertiary/aromatic N) is 1. The van der Waals surface area contributed by atoms with Crippen molar-refractivity contribution in [2.45, 2.75) is 37.7 Å². The van der Waals surface area contributed by atoms with Gasteiger partial charge < -0.3 is 10.4 Å². The molecule has 2 aliphatic rings. The topological polar surface area (TPSA) is 62.2 Å². The summed E-state index contributed by atoms with van der Waals surface area (Å²) >= 11 is 5.88. The highest BCUT2D eigenvalue weighted by Crippen LogP contribution is 2.53. The Kier molecular flexibility index (Phi) is 5.40. The minimum absolute atomic E-state index is 0.0325. The summed E-state index contributed by atoms with van der Waals surface area (Å²) in [6.45, 7) is 0. The van der Waals surface area contributed by atoms with Crippen LogP contribution in [0.1, 0.15) is 37.2 Å². The molecule has 160 valence electrons. The van der Waals surface area contributed by atoms with Crippen molar-refractivity contribution < 1.29 is 14.3 Å². The molecule has 5 atom stereocenters. The van der Waals surface area contributed by atoms with E-state index in [0.29, 0.717) is 28.5 Å². The number of hydrogen-bond donors (Lipinski definition) is 2. The van der Waals surface area contributed by atoms with E-state index < -0.39 is 6.10 Å². The molecule has 0 bridgehead atoms. The predicted molar refractivity (Wildman–Crippen MR) is 119 cm³/mol. The number of hydrogen-bond acceptors (Lipinski definition) is 3. The van der Waals surface area contributed by atoms with Crippen LogP contribution in [0.15, 0.2) is 54.7 Å². The lowest BCUT2D eigenvalue weighted by atomic mass is 9.89. The van der Waals surface area contributed by atoms with Gasteiger partial charge in [-0.3, -0.25) is 9.78 Å². The molecule has 4 nitrogen and oxygen atoms in total. The van der Waals surface area contributed by atoms with Crippen molar-refractivity contribution in [2.75, 3.05) is 5.32 Å². The van der Waals surface area contributed by atoms with Crippen LogP contribution < -0.4 is 5.32 Å². The largest absolute Gasteiger partial charge is 0.383 e. The van der Waals surface area contributed by atoms with Gasteiger partial charge in [0.15, 0.2) is 0 Å². The van der Waals surface area contributed by atoms with E-state index in [0.717, 1.165) is 42.1 Å². The maximum Gasteiger partial charge on any atom is 0.253 e. The first-order valence-corrected chi connectivity index (χ1v) is 11.1. The van der Waals surface area contributed by atoms with E-state index >= 15 is 0 Å². The summed E-state index contributed by atoms with van der Waals surface area (Å²) in [5, 5.41) is 14.9. The Balaban J connectivity index is 1.24. The molecule has 31 heavy (non-hydrogen) atoms. The standard InChI is InChI=1S/C25H24ClFN2O2/c26-18-1-4-20(5-2-18)29-25(31)24(30)17-11-14-9-16(10-15(14)12-17)21-7-8-28-23-6-3-19(27)13-22(21)23/h1-8,13-17,24,30H,9-12H2,(H,29,31)/t14-,15+,16-,17+,24?. The number of amides is 1. The van der Waals surface area contributed by atoms with Crippen LogP contribution in [0, 0.1) is 23.6 Å². The highest BCUT2D eigenvalue weighted by molar-refractivity contribution is 6.30. The average molecular weight is 439 g/mol. The first kappa shape index (κ1) is 20.4. The van der Waals surface area contributed by atoms with Gasteiger partial charge >= 0.3 is 0 Å². The number of carbonyl (C=O) groups excluding carboxylic acids is 1. The minimum atomic E-state index is -1.02. The van der Waals surface area contributed by atoms with Crippen LogP contribution in [0.25, 0.3) is 10.9 Å². The number of nitrogens with one attached hydrogen (secondary N) is 1. The fourth-order valence-corrected chi connectivity index (χ4v) is 5.76. The first-order chi connectivity index (χ1) is 15.0. The summed E-state index contributed by atoms with van der Waals surface area (Å²) in [6, 6.07) is 13.6. The third kappa shape index (κ3) is 4.04. The third-order valence-electron chi connectivity index (χ3n) is 7.06. The molecule has 1 amide bonds. The lowest BCUT2D eigenvalue weighted by molar-refractivity contribution is -0.126. The van der Waals surface area contributed by atoms with E-state index in [9.17, 15) is 14.3 Å². The van der Waals surface area contributed by atoms with Gasteiger partial charge in [0.2, 0.25) is 0 Å². The van der Waals surface area contributed by atoms with Gasteiger partial charge in [0.25, 0.3) is 5.91 Å². The van der Waals surface area contributed by atoms with Crippen molar-refractivity contribution in [2.24, 2.45) is 17.8 Å². The molecule has 0 radical (unpaired) electrons. The highest BCUT2D eigenvalue weighted by Gasteiger charge is 2.45. The van der Waals surface area contributed by atoms with E-state index in [1.807, 2.05) is 6.07 Å². The average Bonchev–Trinajstić information content (AvgIpc) is 3.33. The van der Waals surface area contributed by atoms with Crippen molar-refractivity contribution in [3.8, 4) is 0 Å². The molecule has 2 N–H and O–H groups in total. The van der Waals surface area contributed by atoms with Crippen molar-refractivity contribution in [3.05, 3.63) is 71.1 Å². The number of aromatic nitrogens is 1. The Morgan fingerprint density at radius 3 is 2.48 bits per heavy atom. The molecular formula is C25H24ClFN2O2. The summed E-state index contributed by atoms with van der Waals surface area (Å²) in [4.78, 5) is 16.9. The normalized spacial score (nSPS) is 26.0. The molecule has 2 aliphatic carbocycles. The van der Waals surface area contributed by atoms with Crippen LogP contribution in [0.4, 0.5) is 10.1 Å². The molecule has 2 saturated carbocycles. The monoisotopic (exact) mass is 438 g/mol. The zero-order valence-corrected chi connectivity index (χ0v) is 17.7. The molecule has 0 saturated heterocycles. The number of pyridine rings is 1. The molecule has 2 fully saturated rings. The van der Waals surface area contributed by atoms with Gasteiger partial charge in [-0.25, -0.2) is 4.39 Å². The second-order valence-corrected chi connectivity index (χ2v) is 9.36. The van der Waals surface area contributed by atoms with Gasteiger partial charge in [0, 0.05) is 22.3 Å². The second kappa shape index (κ2) is 8.21. The van der Waals surface area contributed by atoms with Crippen LogP contribution in [0.2, 0.25) is 5.02 Å². The lowest BCUT2D eigenvalue weighted by Gasteiger charge is -2.20. The number of aliphatic hydroxyl groups excluding tert-OH is 1. The maximum atomic E-state index is 13.8. The van der Waals surface area contributed by atoms with E-state index in [1.54, 1.807) is 42.6 Å². The quantitative estimate of drug-likeness (QED) is 0.561. The minimum Gasteiger partial charge on any atom is -0.383 e. The fourth-order valence-electron chi connectivity index (χ4n) is 5.63. The molecule has 6 heteroatoms. The summed E-state index contributed by atoms with van der Waals surface area (Å²) < 4.78 is 13.8. The van der Waals surface area contributed by atoms with Crippen molar-refractivity contribution in [1.29, 1.82) is 0 Å². The first-order valence-electron chi connectivity index (χ1n) is 10.8. The van der Waals surface area contributed by atoms with Gasteiger partial charge in [0.05, 0.1) is 5.52 Å². The third-order valence-corrected chi connectivity index (χ3v) is 7.31. The Labute approximate surface area is 185 Å². The van der Waals surface area contributed by atoms with Gasteiger partial charge in [-0.15, -0.1) is 0 Å². The summed E-state index contributed by atoms with van der Waals surface area (Å²) in [6.07, 6.45) is 4.47. The number of anilines is 1. The number of fused-ring (bicyclic) bond motifs is 2. The van der Waals surface area contributed by atoms with Crippen LogP contribution in [-0.4, -0.2) is 22.1 Å². The van der Waals surface area contributed by atoms with Crippen LogP contribution >= 0.6 is 11.6 Å². The molecule has 1 aromatic heterocycles. The van der Waals surface area contributed by atoms with E-state index in [4.69, 9.17) is 11.6 Å². The second-order valence-electron chi connectivity index (χ2n) is 8.92. The number of aliphatic hydroxyl groups is 1. The van der Waals surface area contributed by atoms with Gasteiger partial charge in [-0.05, 0) is 103 Å². The number of halogens is 2. The lowest BCUT2D eigenvalue weighted by Crippen LogP contribution is -2.33. The Morgan fingerprint density at radius 2 is 1.77 bits per heavy atom. The van der Waals surface area contributed by atoms with Crippen molar-refractivity contribution in [3.63, 3.8) is 0 Å². The SMILES string of the molecule is O=C(Nc1ccc(Cl)cc1)C(O)[C@H]1C[C@H]2C[C@@H](c3ccnc4ccc(F)cc34)C[C@H]2C1. The molecular weight excluding hydrogens is 415 g/mol. The molecule has 0 spiro atoms. The van der Waals surface area contributed by atoms with Gasteiger partial charge in [-0.1, -0.05) is 11.6 Å². The Morgan fingerprint density at radius 1 is 1.06 bits per heavy atom. The summed E-state index contributed by atoms with van der Waals surface area (Å²) in [5.74, 6) is 0.682. The molecule has 1 heterocycles. The summed E-state index contributed by atoms with van der Waals surface area (Å²) in [7, 11) is 0. The smallest absolute Gasteiger partial charge is 0.253 e. The van der Waals surface area contributed by atoms with E-state index in [1.165, 1.54) is 6.07 Å². The Hall–Kier alpha value is -2.50. The Bertz CT molecular complexity index is 1110. The highest BCUT2D eigenvalue weighted by atomic mass is 35.5. The van der Waals surface area contributed by atoms with Gasteiger partial charge in [0.1, 0.15) is 11.9 Å². The van der Waals surface area contributed by atoms with Crippen LogP contribution in [0.5, 0.6) is 0 Å². The van der Waals surface area contributed by atoms with Crippen LogP contribution in [-0.2, 0) is 4.79 Å². The maximum absolute atomic E-state index is 13.8. The van der Waals surface area contributed by atoms with E-state index in [2.05, 4.69) is 10.3 Å². The molecule has 0 aliphatic heterocycles. The van der Waals surface area contributed by atoms with Crippen LogP contribution in [0.3, 0.4) is 0 Å². The number of carbonyl (C=O) groups is 1. The van der Waals surface area contributed by atoms with Gasteiger partial charge in [-0.2, -0.15) is 0 Å². The number of benzene rings is 2. The molecule has 1 unspecified atom stereocenters. The molecule has 3 aromatic rings.